The molecule has 0 amide bonds. The fourth-order valence-electron chi connectivity index (χ4n) is 3.45. The highest BCUT2D eigenvalue weighted by molar-refractivity contribution is 6.08. The summed E-state index contributed by atoms with van der Waals surface area (Å²) in [6.45, 7) is 2.42. The zero-order chi connectivity index (χ0) is 19.3. The second-order valence-corrected chi connectivity index (χ2v) is 6.73. The van der Waals surface area contributed by atoms with E-state index < -0.39 is 12.7 Å². The van der Waals surface area contributed by atoms with Gasteiger partial charge in [-0.3, -0.25) is 4.98 Å². The van der Waals surface area contributed by atoms with Crippen molar-refractivity contribution in [2.45, 2.75) is 26.6 Å². The summed E-state index contributed by atoms with van der Waals surface area (Å²) in [5.74, 6) is -0.329. The Labute approximate surface area is 153 Å². The van der Waals surface area contributed by atoms with E-state index in [9.17, 15) is 17.6 Å². The van der Waals surface area contributed by atoms with E-state index >= 15 is 0 Å². The van der Waals surface area contributed by atoms with Gasteiger partial charge in [-0.2, -0.15) is 13.2 Å². The van der Waals surface area contributed by atoms with Gasteiger partial charge in [0, 0.05) is 23.2 Å². The van der Waals surface area contributed by atoms with Crippen LogP contribution in [-0.2, 0) is 6.54 Å². The van der Waals surface area contributed by atoms with E-state index in [1.165, 1.54) is 16.8 Å². The molecule has 0 N–H and O–H groups in total. The van der Waals surface area contributed by atoms with Gasteiger partial charge in [0.25, 0.3) is 0 Å². The van der Waals surface area contributed by atoms with Crippen LogP contribution in [0, 0.1) is 19.7 Å². The van der Waals surface area contributed by atoms with Crippen LogP contribution in [0.1, 0.15) is 11.1 Å². The summed E-state index contributed by atoms with van der Waals surface area (Å²) in [5, 5.41) is 1.35. The Kier molecular flexibility index (Phi) is 3.94. The van der Waals surface area contributed by atoms with Crippen LogP contribution in [0.25, 0.3) is 32.9 Å². The third kappa shape index (κ3) is 3.05. The first-order chi connectivity index (χ1) is 12.7. The van der Waals surface area contributed by atoms with Crippen molar-refractivity contribution < 1.29 is 17.6 Å². The van der Waals surface area contributed by atoms with Gasteiger partial charge in [-0.1, -0.05) is 18.2 Å². The van der Waals surface area contributed by atoms with Crippen molar-refractivity contribution >= 4 is 21.8 Å². The van der Waals surface area contributed by atoms with Crippen LogP contribution in [0.5, 0.6) is 0 Å². The first kappa shape index (κ1) is 17.5. The summed E-state index contributed by atoms with van der Waals surface area (Å²) in [4.78, 5) is 4.04. The fraction of sp³-hybridized carbons (Fsp3) is 0.190. The molecule has 2 aromatic heterocycles. The number of halogens is 4. The molecule has 0 aliphatic heterocycles. The zero-order valence-electron chi connectivity index (χ0n) is 14.7. The average Bonchev–Trinajstić information content (AvgIpc) is 2.91. The molecular weight excluding hydrogens is 356 g/mol. The standard InChI is InChI=1S/C21H16F4N2/c1-12-7-15(8-18(22)13(12)2)14-3-4-16-17-10-26-6-5-19(17)27(20(16)9-14)11-21(23,24)25/h3-10H,11H2,1-2H3. The monoisotopic (exact) mass is 372 g/mol. The quantitative estimate of drug-likeness (QED) is 0.385. The normalized spacial score (nSPS) is 12.2. The Morgan fingerprint density at radius 3 is 2.41 bits per heavy atom. The van der Waals surface area contributed by atoms with Gasteiger partial charge in [-0.05, 0) is 54.3 Å². The van der Waals surface area contributed by atoms with Crippen molar-refractivity contribution in [3.63, 3.8) is 0 Å². The van der Waals surface area contributed by atoms with Gasteiger partial charge in [-0.15, -0.1) is 0 Å². The molecule has 0 saturated heterocycles. The van der Waals surface area contributed by atoms with Crippen LogP contribution in [0.2, 0.25) is 0 Å². The lowest BCUT2D eigenvalue weighted by molar-refractivity contribution is -0.139. The lowest BCUT2D eigenvalue weighted by Gasteiger charge is -2.12. The molecule has 0 spiro atoms. The van der Waals surface area contributed by atoms with Gasteiger partial charge in [0.2, 0.25) is 0 Å². The summed E-state index contributed by atoms with van der Waals surface area (Å²) >= 11 is 0. The third-order valence-electron chi connectivity index (χ3n) is 4.94. The highest BCUT2D eigenvalue weighted by Gasteiger charge is 2.29. The molecule has 2 nitrogen and oxygen atoms in total. The summed E-state index contributed by atoms with van der Waals surface area (Å²) in [5.41, 5.74) is 3.59. The molecule has 4 rings (SSSR count). The Bertz CT molecular complexity index is 1150. The second kappa shape index (κ2) is 6.08. The Hall–Kier alpha value is -2.89. The van der Waals surface area contributed by atoms with E-state index in [4.69, 9.17) is 0 Å². The Balaban J connectivity index is 1.99. The van der Waals surface area contributed by atoms with Gasteiger partial charge in [0.05, 0.1) is 11.0 Å². The van der Waals surface area contributed by atoms with Gasteiger partial charge >= 0.3 is 6.18 Å². The summed E-state index contributed by atoms with van der Waals surface area (Å²) in [6, 6.07) is 10.1. The van der Waals surface area contributed by atoms with Crippen molar-refractivity contribution in [1.29, 1.82) is 0 Å². The first-order valence-electron chi connectivity index (χ1n) is 8.44. The van der Waals surface area contributed by atoms with Gasteiger partial charge in [0.15, 0.2) is 0 Å². The van der Waals surface area contributed by atoms with E-state index in [-0.39, 0.29) is 5.82 Å². The predicted octanol–water partition coefficient (Wildman–Crippen LogP) is 6.17. The topological polar surface area (TPSA) is 17.8 Å². The van der Waals surface area contributed by atoms with Crippen LogP contribution in [0.3, 0.4) is 0 Å². The third-order valence-corrected chi connectivity index (χ3v) is 4.94. The molecule has 0 saturated carbocycles. The molecule has 0 bridgehead atoms. The lowest BCUT2D eigenvalue weighted by atomic mass is 9.99. The number of alkyl halides is 3. The maximum Gasteiger partial charge on any atom is 0.406 e. The van der Waals surface area contributed by atoms with Crippen LogP contribution < -0.4 is 0 Å². The number of pyridine rings is 1. The van der Waals surface area contributed by atoms with Gasteiger partial charge < -0.3 is 4.57 Å². The van der Waals surface area contributed by atoms with E-state index in [0.29, 0.717) is 38.5 Å². The largest absolute Gasteiger partial charge is 0.406 e. The number of rotatable bonds is 2. The number of aromatic nitrogens is 2. The number of nitrogens with zero attached hydrogens (tertiary/aromatic N) is 2. The van der Waals surface area contributed by atoms with Gasteiger partial charge in [0.1, 0.15) is 12.4 Å². The lowest BCUT2D eigenvalue weighted by Crippen LogP contribution is -2.17. The van der Waals surface area contributed by atoms with E-state index in [1.807, 2.05) is 13.0 Å². The molecular formula is C21H16F4N2. The average molecular weight is 372 g/mol. The minimum atomic E-state index is -4.36. The molecule has 2 aromatic carbocycles. The smallest absolute Gasteiger partial charge is 0.331 e. The number of fused-ring (bicyclic) bond motifs is 3. The molecule has 27 heavy (non-hydrogen) atoms. The molecule has 0 radical (unpaired) electrons. The van der Waals surface area contributed by atoms with Crippen LogP contribution in [-0.4, -0.2) is 15.7 Å². The SMILES string of the molecule is Cc1cc(-c2ccc3c4cnccc4n(CC(F)(F)F)c3c2)cc(F)c1C. The zero-order valence-corrected chi connectivity index (χ0v) is 14.7. The molecule has 0 unspecified atom stereocenters. The van der Waals surface area contributed by atoms with Crippen LogP contribution in [0.4, 0.5) is 17.6 Å². The highest BCUT2D eigenvalue weighted by Crippen LogP contribution is 2.34. The fourth-order valence-corrected chi connectivity index (χ4v) is 3.45. The van der Waals surface area contributed by atoms with E-state index in [0.717, 1.165) is 5.56 Å². The molecule has 138 valence electrons. The number of benzene rings is 2. The van der Waals surface area contributed by atoms with Crippen molar-refractivity contribution in [2.24, 2.45) is 0 Å². The second-order valence-electron chi connectivity index (χ2n) is 6.73. The van der Waals surface area contributed by atoms with Crippen molar-refractivity contribution in [3.8, 4) is 11.1 Å². The van der Waals surface area contributed by atoms with Crippen LogP contribution >= 0.6 is 0 Å². The maximum absolute atomic E-state index is 14.1. The van der Waals surface area contributed by atoms with Crippen LogP contribution in [0.15, 0.2) is 48.8 Å². The molecule has 6 heteroatoms. The minimum absolute atomic E-state index is 0.329. The van der Waals surface area contributed by atoms with Crippen molar-refractivity contribution in [3.05, 3.63) is 65.7 Å². The molecule has 2 heterocycles. The molecule has 0 fully saturated rings. The Morgan fingerprint density at radius 1 is 0.926 bits per heavy atom. The molecule has 0 aliphatic rings. The molecule has 0 atom stereocenters. The Morgan fingerprint density at radius 2 is 1.70 bits per heavy atom. The summed E-state index contributed by atoms with van der Waals surface area (Å²) in [6.07, 6.45) is -1.31. The highest BCUT2D eigenvalue weighted by atomic mass is 19.4. The van der Waals surface area contributed by atoms with E-state index in [2.05, 4.69) is 4.98 Å². The van der Waals surface area contributed by atoms with E-state index in [1.54, 1.807) is 37.4 Å². The maximum atomic E-state index is 14.1. The minimum Gasteiger partial charge on any atom is -0.331 e. The molecule has 0 aliphatic carbocycles. The number of aryl methyl sites for hydroxylation is 1. The summed E-state index contributed by atoms with van der Waals surface area (Å²) < 4.78 is 54.9. The van der Waals surface area contributed by atoms with Gasteiger partial charge in [-0.25, -0.2) is 4.39 Å². The molecule has 4 aromatic rings. The number of hydrogen-bond donors (Lipinski definition) is 0. The number of hydrogen-bond acceptors (Lipinski definition) is 1. The predicted molar refractivity (Wildman–Crippen MR) is 98.2 cm³/mol. The van der Waals surface area contributed by atoms with Crippen molar-refractivity contribution in [2.75, 3.05) is 0 Å². The van der Waals surface area contributed by atoms with Crippen molar-refractivity contribution in [1.82, 2.24) is 9.55 Å². The summed E-state index contributed by atoms with van der Waals surface area (Å²) in [7, 11) is 0. The first-order valence-corrected chi connectivity index (χ1v) is 8.44.